The van der Waals surface area contributed by atoms with Crippen molar-refractivity contribution in [2.45, 2.75) is 51.0 Å². The first-order chi connectivity index (χ1) is 11.9. The summed E-state index contributed by atoms with van der Waals surface area (Å²) in [5.74, 6) is 0.312. The Hall–Kier alpha value is -1.40. The van der Waals surface area contributed by atoms with Crippen LogP contribution < -0.4 is 0 Å². The smallest absolute Gasteiger partial charge is 0.230 e. The first-order valence-corrected chi connectivity index (χ1v) is 10.9. The number of carbonyl (C=O) groups excluding carboxylic acids is 1. The van der Waals surface area contributed by atoms with Gasteiger partial charge in [-0.2, -0.15) is 0 Å². The van der Waals surface area contributed by atoms with E-state index >= 15 is 0 Å². The number of aryl methyl sites for hydroxylation is 1. The molecular weight excluding hydrogens is 336 g/mol. The second-order valence-electron chi connectivity index (χ2n) is 7.12. The normalized spacial score (nSPS) is 22.0. The van der Waals surface area contributed by atoms with Crippen molar-refractivity contribution in [1.82, 2.24) is 9.21 Å². The number of piperidine rings is 1. The molecule has 1 aliphatic carbocycles. The molecule has 1 atom stereocenters. The second-order valence-corrected chi connectivity index (χ2v) is 9.43. The van der Waals surface area contributed by atoms with E-state index in [2.05, 4.69) is 12.1 Å². The van der Waals surface area contributed by atoms with E-state index in [1.807, 2.05) is 17.0 Å². The maximum atomic E-state index is 13.0. The Bertz CT molecular complexity index is 724. The van der Waals surface area contributed by atoms with Gasteiger partial charge >= 0.3 is 0 Å². The Morgan fingerprint density at radius 3 is 2.56 bits per heavy atom. The molecule has 138 valence electrons. The van der Waals surface area contributed by atoms with E-state index in [9.17, 15) is 13.2 Å². The summed E-state index contributed by atoms with van der Waals surface area (Å²) in [6, 6.07) is 8.28. The van der Waals surface area contributed by atoms with Crippen LogP contribution in [0.2, 0.25) is 0 Å². The lowest BCUT2D eigenvalue weighted by Gasteiger charge is -2.38. The van der Waals surface area contributed by atoms with Crippen molar-refractivity contribution in [2.75, 3.05) is 25.9 Å². The highest BCUT2D eigenvalue weighted by Gasteiger charge is 2.34. The molecule has 1 aromatic rings. The van der Waals surface area contributed by atoms with Gasteiger partial charge in [-0.25, -0.2) is 12.7 Å². The van der Waals surface area contributed by atoms with Gasteiger partial charge in [0.15, 0.2) is 0 Å². The lowest BCUT2D eigenvalue weighted by atomic mass is 9.82. The van der Waals surface area contributed by atoms with Crippen LogP contribution in [-0.2, 0) is 21.2 Å². The summed E-state index contributed by atoms with van der Waals surface area (Å²) in [4.78, 5) is 15.0. The number of likely N-dealkylation sites (tertiary alicyclic amines) is 1. The third-order valence-electron chi connectivity index (χ3n) is 5.76. The summed E-state index contributed by atoms with van der Waals surface area (Å²) in [5.41, 5.74) is 2.49. The number of rotatable bonds is 4. The summed E-state index contributed by atoms with van der Waals surface area (Å²) in [6.45, 7) is 2.96. The topological polar surface area (TPSA) is 57.7 Å². The molecule has 6 heteroatoms. The van der Waals surface area contributed by atoms with Gasteiger partial charge in [0.1, 0.15) is 0 Å². The van der Waals surface area contributed by atoms with E-state index in [4.69, 9.17) is 0 Å². The van der Waals surface area contributed by atoms with Gasteiger partial charge in [-0.3, -0.25) is 4.79 Å². The van der Waals surface area contributed by atoms with Gasteiger partial charge in [-0.15, -0.1) is 0 Å². The van der Waals surface area contributed by atoms with Gasteiger partial charge < -0.3 is 4.90 Å². The number of fused-ring (bicyclic) bond motifs is 1. The molecule has 0 aromatic heterocycles. The molecule has 0 saturated carbocycles. The second kappa shape index (κ2) is 7.46. The van der Waals surface area contributed by atoms with Crippen LogP contribution in [0.25, 0.3) is 0 Å². The molecular formula is C19H28N2O3S. The first-order valence-electron chi connectivity index (χ1n) is 9.26. The van der Waals surface area contributed by atoms with Crippen LogP contribution >= 0.6 is 0 Å². The average molecular weight is 365 g/mol. The van der Waals surface area contributed by atoms with Crippen LogP contribution in [0, 0.1) is 0 Å². The number of benzene rings is 1. The zero-order valence-corrected chi connectivity index (χ0v) is 16.0. The van der Waals surface area contributed by atoms with Crippen molar-refractivity contribution in [3.8, 4) is 0 Å². The fourth-order valence-electron chi connectivity index (χ4n) is 4.11. The van der Waals surface area contributed by atoms with Gasteiger partial charge in [-0.05, 0) is 50.2 Å². The molecule has 0 spiro atoms. The van der Waals surface area contributed by atoms with Crippen LogP contribution in [0.15, 0.2) is 24.3 Å². The molecule has 0 radical (unpaired) electrons. The van der Waals surface area contributed by atoms with Gasteiger partial charge in [-0.1, -0.05) is 24.3 Å². The molecule has 0 N–H and O–H groups in total. The maximum Gasteiger partial charge on any atom is 0.230 e. The van der Waals surface area contributed by atoms with E-state index in [1.54, 1.807) is 14.0 Å². The maximum absolute atomic E-state index is 13.0. The predicted molar refractivity (Wildman–Crippen MR) is 98.9 cm³/mol. The molecule has 1 amide bonds. The Morgan fingerprint density at radius 2 is 1.88 bits per heavy atom. The van der Waals surface area contributed by atoms with Crippen LogP contribution in [0.5, 0.6) is 0 Å². The number of carbonyl (C=O) groups is 1. The number of hydrogen-bond donors (Lipinski definition) is 0. The molecule has 1 aromatic carbocycles. The zero-order chi connectivity index (χ0) is 18.0. The summed E-state index contributed by atoms with van der Waals surface area (Å²) < 4.78 is 25.6. The molecule has 0 unspecified atom stereocenters. The lowest BCUT2D eigenvalue weighted by molar-refractivity contribution is -0.134. The van der Waals surface area contributed by atoms with E-state index in [-0.39, 0.29) is 23.6 Å². The van der Waals surface area contributed by atoms with Crippen LogP contribution in [0.1, 0.15) is 49.7 Å². The SMILES string of the molecule is CCS(=O)(=O)N(C)C1CCN(C(=O)[C@@H]2CCCc3ccccc32)CC1. The summed E-state index contributed by atoms with van der Waals surface area (Å²) in [6.07, 6.45) is 4.47. The van der Waals surface area contributed by atoms with Crippen molar-refractivity contribution in [3.63, 3.8) is 0 Å². The monoisotopic (exact) mass is 364 g/mol. The minimum absolute atomic E-state index is 0.00708. The first kappa shape index (κ1) is 18.4. The highest BCUT2D eigenvalue weighted by molar-refractivity contribution is 7.89. The van der Waals surface area contributed by atoms with Gasteiger partial charge in [0.2, 0.25) is 15.9 Å². The van der Waals surface area contributed by atoms with Gasteiger partial charge in [0.05, 0.1) is 11.7 Å². The third kappa shape index (κ3) is 3.75. The standard InChI is InChI=1S/C19H28N2O3S/c1-3-25(23,24)20(2)16-11-13-21(14-12-16)19(22)18-10-6-8-15-7-4-5-9-17(15)18/h4-5,7,9,16,18H,3,6,8,10-14H2,1-2H3/t18-/m1/s1. The molecule has 1 heterocycles. The minimum atomic E-state index is -3.17. The number of amides is 1. The Morgan fingerprint density at radius 1 is 1.20 bits per heavy atom. The van der Waals surface area contributed by atoms with Crippen molar-refractivity contribution in [2.24, 2.45) is 0 Å². The van der Waals surface area contributed by atoms with Crippen LogP contribution in [0.4, 0.5) is 0 Å². The van der Waals surface area contributed by atoms with E-state index in [0.717, 1.165) is 32.1 Å². The molecule has 5 nitrogen and oxygen atoms in total. The number of nitrogens with zero attached hydrogens (tertiary/aromatic N) is 2. The van der Waals surface area contributed by atoms with Crippen molar-refractivity contribution in [1.29, 1.82) is 0 Å². The van der Waals surface area contributed by atoms with Gasteiger partial charge in [0, 0.05) is 26.2 Å². The highest BCUT2D eigenvalue weighted by atomic mass is 32.2. The molecule has 2 aliphatic rings. The fraction of sp³-hybridized carbons (Fsp3) is 0.632. The molecule has 3 rings (SSSR count). The quantitative estimate of drug-likeness (QED) is 0.824. The average Bonchev–Trinajstić information content (AvgIpc) is 2.66. The summed E-state index contributed by atoms with van der Waals surface area (Å²) >= 11 is 0. The fourth-order valence-corrected chi connectivity index (χ4v) is 5.18. The third-order valence-corrected chi connectivity index (χ3v) is 7.67. The minimum Gasteiger partial charge on any atom is -0.342 e. The van der Waals surface area contributed by atoms with Crippen molar-refractivity contribution >= 4 is 15.9 Å². The highest BCUT2D eigenvalue weighted by Crippen LogP contribution is 2.33. The Balaban J connectivity index is 1.65. The number of hydrogen-bond acceptors (Lipinski definition) is 3. The van der Waals surface area contributed by atoms with E-state index in [0.29, 0.717) is 13.1 Å². The Labute approximate surface area is 151 Å². The molecule has 1 fully saturated rings. The molecule has 1 aliphatic heterocycles. The van der Waals surface area contributed by atoms with Crippen LogP contribution in [-0.4, -0.2) is 55.5 Å². The van der Waals surface area contributed by atoms with Gasteiger partial charge in [0.25, 0.3) is 0 Å². The number of sulfonamides is 1. The molecule has 25 heavy (non-hydrogen) atoms. The lowest BCUT2D eigenvalue weighted by Crippen LogP contribution is -2.48. The Kier molecular flexibility index (Phi) is 5.49. The summed E-state index contributed by atoms with van der Waals surface area (Å²) in [5, 5.41) is 0. The molecule has 1 saturated heterocycles. The van der Waals surface area contributed by atoms with E-state index < -0.39 is 10.0 Å². The van der Waals surface area contributed by atoms with E-state index in [1.165, 1.54) is 15.4 Å². The summed E-state index contributed by atoms with van der Waals surface area (Å²) in [7, 11) is -1.50. The zero-order valence-electron chi connectivity index (χ0n) is 15.1. The largest absolute Gasteiger partial charge is 0.342 e. The molecule has 0 bridgehead atoms. The van der Waals surface area contributed by atoms with Crippen molar-refractivity contribution in [3.05, 3.63) is 35.4 Å². The van der Waals surface area contributed by atoms with Crippen LogP contribution in [0.3, 0.4) is 0 Å². The van der Waals surface area contributed by atoms with Crippen molar-refractivity contribution < 1.29 is 13.2 Å². The predicted octanol–water partition coefficient (Wildman–Crippen LogP) is 2.38.